The van der Waals surface area contributed by atoms with Gasteiger partial charge in [-0.1, -0.05) is 11.8 Å². The number of aryl methyl sites for hydroxylation is 1. The minimum Gasteiger partial charge on any atom is -1.00 e. The average Bonchev–Trinajstić information content (AvgIpc) is 2.53. The SMILES string of the molecule is CC[N+](CC)(CC)CC(=O)SCCc1ncnc(N(C)C)n1.[Br-]. The Hall–Kier alpha value is -0.730. The van der Waals surface area contributed by atoms with E-state index in [-0.39, 0.29) is 22.1 Å². The van der Waals surface area contributed by atoms with E-state index in [4.69, 9.17) is 0 Å². The van der Waals surface area contributed by atoms with Crippen LogP contribution in [0.1, 0.15) is 26.6 Å². The molecule has 0 radical (unpaired) electrons. The minimum atomic E-state index is 0. The fraction of sp³-hybridized carbons (Fsp3) is 0.733. The third-order valence-electron chi connectivity index (χ3n) is 4.07. The molecule has 0 spiro atoms. The quantitative estimate of drug-likeness (QED) is 0.472. The summed E-state index contributed by atoms with van der Waals surface area (Å²) in [7, 11) is 3.80. The van der Waals surface area contributed by atoms with Crippen LogP contribution in [-0.2, 0) is 11.2 Å². The van der Waals surface area contributed by atoms with Gasteiger partial charge in [-0.3, -0.25) is 4.79 Å². The van der Waals surface area contributed by atoms with Gasteiger partial charge in [-0.05, 0) is 20.8 Å². The molecule has 0 saturated carbocycles. The van der Waals surface area contributed by atoms with Crippen LogP contribution in [-0.4, -0.2) is 70.6 Å². The molecule has 0 atom stereocenters. The Morgan fingerprint density at radius 1 is 1.17 bits per heavy atom. The highest BCUT2D eigenvalue weighted by Crippen LogP contribution is 2.13. The van der Waals surface area contributed by atoms with Crippen LogP contribution in [0.3, 0.4) is 0 Å². The monoisotopic (exact) mass is 405 g/mol. The number of thioether (sulfide) groups is 1. The normalized spacial score (nSPS) is 11.0. The molecule has 1 rings (SSSR count). The second kappa shape index (κ2) is 10.9. The number of carbonyl (C=O) groups excluding carboxylic acids is 1. The first-order chi connectivity index (χ1) is 10.5. The maximum absolute atomic E-state index is 12.2. The molecule has 0 unspecified atom stereocenters. The molecule has 0 N–H and O–H groups in total. The number of anilines is 1. The second-order valence-corrected chi connectivity index (χ2v) is 6.67. The summed E-state index contributed by atoms with van der Waals surface area (Å²) in [6, 6.07) is 0. The Kier molecular flexibility index (Phi) is 10.6. The largest absolute Gasteiger partial charge is 1.00 e. The zero-order valence-corrected chi connectivity index (χ0v) is 17.2. The van der Waals surface area contributed by atoms with Gasteiger partial charge in [-0.25, -0.2) is 9.97 Å². The van der Waals surface area contributed by atoms with Gasteiger partial charge in [-0.15, -0.1) is 0 Å². The third-order valence-corrected chi connectivity index (χ3v) is 4.93. The number of hydrogen-bond donors (Lipinski definition) is 0. The number of rotatable bonds is 9. The van der Waals surface area contributed by atoms with Crippen molar-refractivity contribution < 1.29 is 26.3 Å². The maximum Gasteiger partial charge on any atom is 0.243 e. The van der Waals surface area contributed by atoms with Crippen LogP contribution in [0.5, 0.6) is 0 Å². The van der Waals surface area contributed by atoms with E-state index < -0.39 is 0 Å². The lowest BCUT2D eigenvalue weighted by molar-refractivity contribution is -0.915. The summed E-state index contributed by atoms with van der Waals surface area (Å²) in [5, 5.41) is 0.257. The molecular formula is C15H28BrN5OS. The third kappa shape index (κ3) is 7.14. The number of likely N-dealkylation sites (N-methyl/N-ethyl adjacent to an activating group) is 1. The van der Waals surface area contributed by atoms with Gasteiger partial charge in [0.1, 0.15) is 18.7 Å². The van der Waals surface area contributed by atoms with Crippen molar-refractivity contribution in [3.63, 3.8) is 0 Å². The van der Waals surface area contributed by atoms with E-state index in [0.29, 0.717) is 24.7 Å². The molecule has 8 heteroatoms. The van der Waals surface area contributed by atoms with E-state index in [1.807, 2.05) is 19.0 Å². The first-order valence-corrected chi connectivity index (χ1v) is 8.80. The lowest BCUT2D eigenvalue weighted by Gasteiger charge is -2.34. The van der Waals surface area contributed by atoms with Crippen LogP contribution in [0, 0.1) is 0 Å². The molecule has 0 fully saturated rings. The highest BCUT2D eigenvalue weighted by Gasteiger charge is 2.24. The van der Waals surface area contributed by atoms with Crippen molar-refractivity contribution in [3.05, 3.63) is 12.2 Å². The van der Waals surface area contributed by atoms with Crippen molar-refractivity contribution in [2.75, 3.05) is 50.9 Å². The van der Waals surface area contributed by atoms with Gasteiger partial charge >= 0.3 is 0 Å². The molecule has 0 bridgehead atoms. The van der Waals surface area contributed by atoms with Crippen molar-refractivity contribution in [3.8, 4) is 0 Å². The van der Waals surface area contributed by atoms with E-state index in [0.717, 1.165) is 29.9 Å². The Labute approximate surface area is 154 Å². The predicted molar refractivity (Wildman–Crippen MR) is 92.1 cm³/mol. The second-order valence-electron chi connectivity index (χ2n) is 5.52. The summed E-state index contributed by atoms with van der Waals surface area (Å²) in [5.41, 5.74) is 0. The van der Waals surface area contributed by atoms with Crippen LogP contribution in [0.15, 0.2) is 6.33 Å². The van der Waals surface area contributed by atoms with Crippen molar-refractivity contribution >= 4 is 22.8 Å². The van der Waals surface area contributed by atoms with Gasteiger partial charge in [-0.2, -0.15) is 4.98 Å². The molecule has 6 nitrogen and oxygen atoms in total. The number of halogens is 1. The van der Waals surface area contributed by atoms with Gasteiger partial charge < -0.3 is 26.4 Å². The first-order valence-electron chi connectivity index (χ1n) is 7.82. The van der Waals surface area contributed by atoms with E-state index in [9.17, 15) is 4.79 Å². The summed E-state index contributed by atoms with van der Waals surface area (Å²) in [4.78, 5) is 26.7. The zero-order valence-electron chi connectivity index (χ0n) is 14.8. The topological polar surface area (TPSA) is 59.0 Å². The molecule has 0 aromatic carbocycles. The zero-order chi connectivity index (χ0) is 16.6. The Morgan fingerprint density at radius 2 is 1.78 bits per heavy atom. The van der Waals surface area contributed by atoms with Crippen molar-refractivity contribution in [1.82, 2.24) is 15.0 Å². The van der Waals surface area contributed by atoms with Crippen LogP contribution in [0.2, 0.25) is 0 Å². The van der Waals surface area contributed by atoms with Gasteiger partial charge in [0.15, 0.2) is 0 Å². The standard InChI is InChI=1S/C15H28N5OS.BrH/c1-6-20(7-2,8-3)11-14(21)22-10-9-13-16-12-17-15(18-13)19(4)5;/h12H,6-11H2,1-5H3;1H/q+1;/p-1. The van der Waals surface area contributed by atoms with Crippen LogP contribution < -0.4 is 21.9 Å². The van der Waals surface area contributed by atoms with E-state index >= 15 is 0 Å². The Balaban J connectivity index is 0.00000484. The van der Waals surface area contributed by atoms with E-state index in [1.165, 1.54) is 18.1 Å². The van der Waals surface area contributed by atoms with Gasteiger partial charge in [0.2, 0.25) is 11.1 Å². The lowest BCUT2D eigenvalue weighted by atomic mass is 10.3. The molecule has 0 amide bonds. The molecule has 0 aliphatic heterocycles. The molecule has 23 heavy (non-hydrogen) atoms. The summed E-state index contributed by atoms with van der Waals surface area (Å²) in [6.45, 7) is 10.1. The summed E-state index contributed by atoms with van der Waals surface area (Å²) in [6.07, 6.45) is 2.21. The molecule has 0 saturated heterocycles. The molecule has 1 heterocycles. The highest BCUT2D eigenvalue weighted by molar-refractivity contribution is 8.13. The fourth-order valence-corrected chi connectivity index (χ4v) is 3.12. The van der Waals surface area contributed by atoms with Gasteiger partial charge in [0, 0.05) is 26.3 Å². The van der Waals surface area contributed by atoms with Crippen molar-refractivity contribution in [1.29, 1.82) is 0 Å². The van der Waals surface area contributed by atoms with Gasteiger partial charge in [0.05, 0.1) is 19.6 Å². The molecular weight excluding hydrogens is 378 g/mol. The summed E-state index contributed by atoms with van der Waals surface area (Å²) >= 11 is 1.39. The molecule has 1 aromatic heterocycles. The van der Waals surface area contributed by atoms with E-state index in [2.05, 4.69) is 35.7 Å². The summed E-state index contributed by atoms with van der Waals surface area (Å²) < 4.78 is 0.863. The predicted octanol–water partition coefficient (Wildman–Crippen LogP) is -1.38. The van der Waals surface area contributed by atoms with Crippen molar-refractivity contribution in [2.24, 2.45) is 0 Å². The average molecular weight is 406 g/mol. The Bertz CT molecular complexity index is 474. The van der Waals surface area contributed by atoms with Crippen molar-refractivity contribution in [2.45, 2.75) is 27.2 Å². The number of aromatic nitrogens is 3. The smallest absolute Gasteiger partial charge is 0.243 e. The van der Waals surface area contributed by atoms with Gasteiger partial charge in [0.25, 0.3) is 0 Å². The molecule has 132 valence electrons. The number of carbonyl (C=O) groups is 1. The number of quaternary nitrogens is 1. The maximum atomic E-state index is 12.2. The first kappa shape index (κ1) is 22.3. The molecule has 1 aromatic rings. The van der Waals surface area contributed by atoms with Crippen LogP contribution in [0.25, 0.3) is 0 Å². The number of hydrogen-bond acceptors (Lipinski definition) is 6. The fourth-order valence-electron chi connectivity index (χ4n) is 2.24. The van der Waals surface area contributed by atoms with Crippen LogP contribution >= 0.6 is 11.8 Å². The lowest BCUT2D eigenvalue weighted by Crippen LogP contribution is -3.00. The highest BCUT2D eigenvalue weighted by atomic mass is 79.9. The minimum absolute atomic E-state index is 0. The van der Waals surface area contributed by atoms with Crippen LogP contribution in [0.4, 0.5) is 5.95 Å². The Morgan fingerprint density at radius 3 is 2.30 bits per heavy atom. The molecule has 0 aliphatic rings. The summed E-state index contributed by atoms with van der Waals surface area (Å²) in [5.74, 6) is 2.11. The molecule has 0 aliphatic carbocycles. The van der Waals surface area contributed by atoms with E-state index in [1.54, 1.807) is 0 Å². The number of nitrogens with zero attached hydrogens (tertiary/aromatic N) is 5.